The summed E-state index contributed by atoms with van der Waals surface area (Å²) < 4.78 is 41.5. The maximum Gasteiger partial charge on any atom is 0.446 e. The summed E-state index contributed by atoms with van der Waals surface area (Å²) in [5.74, 6) is 0.337. The Hall–Kier alpha value is -1.70. The van der Waals surface area contributed by atoms with Crippen molar-refractivity contribution in [3.63, 3.8) is 0 Å². The summed E-state index contributed by atoms with van der Waals surface area (Å²) in [6.07, 6.45) is 1.41. The summed E-state index contributed by atoms with van der Waals surface area (Å²) in [6.45, 7) is 0.226. The van der Waals surface area contributed by atoms with Crippen molar-refractivity contribution >= 4 is 11.8 Å². The molecule has 1 aromatic heterocycles. The van der Waals surface area contributed by atoms with Crippen molar-refractivity contribution in [2.24, 2.45) is 0 Å². The van der Waals surface area contributed by atoms with Crippen molar-refractivity contribution < 1.29 is 17.9 Å². The summed E-state index contributed by atoms with van der Waals surface area (Å²) in [5.41, 5.74) is -3.51. The van der Waals surface area contributed by atoms with Crippen molar-refractivity contribution in [3.8, 4) is 5.88 Å². The molecule has 8 heteroatoms. The van der Waals surface area contributed by atoms with Crippen LogP contribution in [-0.4, -0.2) is 20.9 Å². The van der Waals surface area contributed by atoms with Gasteiger partial charge in [-0.3, -0.25) is 0 Å². The molecule has 2 rings (SSSR count). The molecule has 0 unspecified atom stereocenters. The lowest BCUT2D eigenvalue weighted by Crippen LogP contribution is -1.99. The van der Waals surface area contributed by atoms with Crippen LogP contribution in [0.15, 0.2) is 35.4 Å². The highest BCUT2D eigenvalue weighted by molar-refractivity contribution is 8.00. The van der Waals surface area contributed by atoms with Crippen molar-refractivity contribution in [2.75, 3.05) is 0 Å². The van der Waals surface area contributed by atoms with Gasteiger partial charge in [0, 0.05) is 4.90 Å². The first-order valence-electron chi connectivity index (χ1n) is 4.86. The number of H-pyrrole nitrogens is 1. The van der Waals surface area contributed by atoms with Crippen LogP contribution in [0.25, 0.3) is 0 Å². The Morgan fingerprint density at radius 1 is 1.22 bits per heavy atom. The average Bonchev–Trinajstić information content (AvgIpc) is 2.79. The SMILES string of the molecule is FC(F)(F)Sc1ccc(COc2cn[nH]n2)cc1. The third kappa shape index (κ3) is 3.95. The zero-order valence-corrected chi connectivity index (χ0v) is 9.76. The van der Waals surface area contributed by atoms with E-state index in [-0.39, 0.29) is 23.3 Å². The van der Waals surface area contributed by atoms with Crippen LogP contribution in [-0.2, 0) is 6.61 Å². The molecule has 4 nitrogen and oxygen atoms in total. The molecule has 1 N–H and O–H groups in total. The van der Waals surface area contributed by atoms with Gasteiger partial charge in [0.1, 0.15) is 12.8 Å². The number of alkyl halides is 3. The monoisotopic (exact) mass is 275 g/mol. The van der Waals surface area contributed by atoms with E-state index in [1.165, 1.54) is 18.3 Å². The minimum Gasteiger partial charge on any atom is -0.471 e. The number of hydrogen-bond acceptors (Lipinski definition) is 4. The molecular formula is C10H8F3N3OS. The Labute approximate surface area is 105 Å². The maximum atomic E-state index is 12.1. The average molecular weight is 275 g/mol. The quantitative estimate of drug-likeness (QED) is 0.871. The molecule has 96 valence electrons. The van der Waals surface area contributed by atoms with Crippen molar-refractivity contribution in [2.45, 2.75) is 17.0 Å². The number of hydrogen-bond donors (Lipinski definition) is 1. The number of thioether (sulfide) groups is 1. The summed E-state index contributed by atoms with van der Waals surface area (Å²) in [6, 6.07) is 5.96. The third-order valence-electron chi connectivity index (χ3n) is 1.94. The molecule has 0 bridgehead atoms. The molecule has 0 atom stereocenters. The van der Waals surface area contributed by atoms with E-state index < -0.39 is 5.51 Å². The second-order valence-electron chi connectivity index (χ2n) is 3.29. The Bertz CT molecular complexity index is 484. The Balaban J connectivity index is 1.91. The van der Waals surface area contributed by atoms with Gasteiger partial charge in [-0.25, -0.2) is 0 Å². The van der Waals surface area contributed by atoms with E-state index in [0.29, 0.717) is 5.88 Å². The molecule has 0 aliphatic rings. The number of nitrogens with one attached hydrogen (secondary N) is 1. The lowest BCUT2D eigenvalue weighted by Gasteiger charge is -2.06. The second-order valence-corrected chi connectivity index (χ2v) is 4.43. The summed E-state index contributed by atoms with van der Waals surface area (Å²) in [5, 5.41) is 9.63. The largest absolute Gasteiger partial charge is 0.471 e. The van der Waals surface area contributed by atoms with E-state index >= 15 is 0 Å². The normalized spacial score (nSPS) is 11.5. The van der Waals surface area contributed by atoms with Crippen LogP contribution in [0.3, 0.4) is 0 Å². The molecule has 0 fully saturated rings. The fraction of sp³-hybridized carbons (Fsp3) is 0.200. The fourth-order valence-corrected chi connectivity index (χ4v) is 1.74. The highest BCUT2D eigenvalue weighted by Crippen LogP contribution is 2.36. The van der Waals surface area contributed by atoms with Gasteiger partial charge in [0.25, 0.3) is 5.88 Å². The number of nitrogens with zero attached hydrogens (tertiary/aromatic N) is 2. The van der Waals surface area contributed by atoms with Gasteiger partial charge in [-0.1, -0.05) is 12.1 Å². The first-order chi connectivity index (χ1) is 8.53. The first kappa shape index (κ1) is 12.7. The molecule has 0 saturated heterocycles. The molecule has 0 aliphatic heterocycles. The van der Waals surface area contributed by atoms with E-state index in [4.69, 9.17) is 4.74 Å². The van der Waals surface area contributed by atoms with Crippen molar-refractivity contribution in [3.05, 3.63) is 36.0 Å². The lowest BCUT2D eigenvalue weighted by atomic mass is 10.2. The molecule has 0 aliphatic carbocycles. The Morgan fingerprint density at radius 3 is 2.50 bits per heavy atom. The van der Waals surface area contributed by atoms with Crippen LogP contribution in [0.5, 0.6) is 5.88 Å². The predicted molar refractivity (Wildman–Crippen MR) is 59.1 cm³/mol. The molecule has 0 spiro atoms. The minimum atomic E-state index is -4.27. The van der Waals surface area contributed by atoms with Crippen LogP contribution >= 0.6 is 11.8 Å². The first-order valence-corrected chi connectivity index (χ1v) is 5.68. The molecule has 0 radical (unpaired) electrons. The van der Waals surface area contributed by atoms with E-state index in [1.54, 1.807) is 12.1 Å². The van der Waals surface area contributed by atoms with Crippen LogP contribution < -0.4 is 4.74 Å². The Morgan fingerprint density at radius 2 is 1.94 bits per heavy atom. The van der Waals surface area contributed by atoms with Gasteiger partial charge in [-0.15, -0.1) is 5.10 Å². The number of rotatable bonds is 4. The smallest absolute Gasteiger partial charge is 0.446 e. The van der Waals surface area contributed by atoms with E-state index in [1.807, 2.05) is 0 Å². The number of ether oxygens (including phenoxy) is 1. The molecule has 1 aromatic carbocycles. The van der Waals surface area contributed by atoms with E-state index in [0.717, 1.165) is 5.56 Å². The predicted octanol–water partition coefficient (Wildman–Crippen LogP) is 3.00. The number of halogens is 3. The molecule has 1 heterocycles. The zero-order valence-electron chi connectivity index (χ0n) is 8.94. The summed E-state index contributed by atoms with van der Waals surface area (Å²) in [7, 11) is 0. The number of benzene rings is 1. The van der Waals surface area contributed by atoms with E-state index in [9.17, 15) is 13.2 Å². The highest BCUT2D eigenvalue weighted by Gasteiger charge is 2.28. The molecular weight excluding hydrogens is 267 g/mol. The van der Waals surface area contributed by atoms with Gasteiger partial charge in [0.05, 0.1) is 0 Å². The second kappa shape index (κ2) is 5.30. The van der Waals surface area contributed by atoms with Gasteiger partial charge < -0.3 is 4.74 Å². The van der Waals surface area contributed by atoms with Gasteiger partial charge in [0.2, 0.25) is 0 Å². The zero-order chi connectivity index (χ0) is 13.0. The van der Waals surface area contributed by atoms with Crippen molar-refractivity contribution in [1.82, 2.24) is 15.4 Å². The molecule has 0 saturated carbocycles. The topological polar surface area (TPSA) is 50.8 Å². The van der Waals surface area contributed by atoms with Gasteiger partial charge in [-0.05, 0) is 29.5 Å². The number of aromatic amines is 1. The minimum absolute atomic E-state index is 0.143. The maximum absolute atomic E-state index is 12.1. The summed E-state index contributed by atoms with van der Waals surface area (Å²) >= 11 is -0.143. The molecule has 18 heavy (non-hydrogen) atoms. The number of aromatic nitrogens is 3. The lowest BCUT2D eigenvalue weighted by molar-refractivity contribution is -0.0328. The summed E-state index contributed by atoms with van der Waals surface area (Å²) in [4.78, 5) is 0.146. The third-order valence-corrected chi connectivity index (χ3v) is 2.68. The van der Waals surface area contributed by atoms with Crippen LogP contribution in [0.2, 0.25) is 0 Å². The van der Waals surface area contributed by atoms with Crippen molar-refractivity contribution in [1.29, 1.82) is 0 Å². The highest BCUT2D eigenvalue weighted by atomic mass is 32.2. The van der Waals surface area contributed by atoms with Crippen LogP contribution in [0.1, 0.15) is 5.56 Å². The molecule has 2 aromatic rings. The molecule has 0 amide bonds. The Kier molecular flexibility index (Phi) is 3.75. The van der Waals surface area contributed by atoms with Gasteiger partial charge in [0.15, 0.2) is 0 Å². The fourth-order valence-electron chi connectivity index (χ4n) is 1.21. The van der Waals surface area contributed by atoms with Crippen LogP contribution in [0.4, 0.5) is 13.2 Å². The standard InChI is InChI=1S/C10H8F3N3OS/c11-10(12,13)18-8-3-1-7(2-4-8)6-17-9-5-14-16-15-9/h1-5H,6H2,(H,14,15,16). The van der Waals surface area contributed by atoms with Crippen LogP contribution in [0, 0.1) is 0 Å². The van der Waals surface area contributed by atoms with Gasteiger partial charge >= 0.3 is 5.51 Å². The van der Waals surface area contributed by atoms with E-state index in [2.05, 4.69) is 15.4 Å². The van der Waals surface area contributed by atoms with Gasteiger partial charge in [-0.2, -0.15) is 23.5 Å².